The van der Waals surface area contributed by atoms with Crippen LogP contribution in [0.3, 0.4) is 0 Å². The predicted octanol–water partition coefficient (Wildman–Crippen LogP) is 4.24. The summed E-state index contributed by atoms with van der Waals surface area (Å²) in [6, 6.07) is 14.6. The third kappa shape index (κ3) is 3.77. The van der Waals surface area contributed by atoms with Crippen molar-refractivity contribution in [3.05, 3.63) is 77.6 Å². The highest BCUT2D eigenvalue weighted by atomic mass is 16.5. The van der Waals surface area contributed by atoms with E-state index in [1.54, 1.807) is 31.5 Å². The van der Waals surface area contributed by atoms with Crippen LogP contribution in [0.4, 0.5) is 5.69 Å². The smallest absolute Gasteiger partial charge is 0.335 e. The van der Waals surface area contributed by atoms with Gasteiger partial charge in [-0.15, -0.1) is 0 Å². The van der Waals surface area contributed by atoms with Crippen molar-refractivity contribution in [2.75, 3.05) is 7.11 Å². The maximum atomic E-state index is 11.1. The van der Waals surface area contributed by atoms with Crippen LogP contribution in [0.25, 0.3) is 5.69 Å². The van der Waals surface area contributed by atoms with E-state index >= 15 is 0 Å². The van der Waals surface area contributed by atoms with Gasteiger partial charge in [-0.25, -0.2) is 4.79 Å². The van der Waals surface area contributed by atoms with E-state index in [0.717, 1.165) is 22.6 Å². The van der Waals surface area contributed by atoms with Gasteiger partial charge in [-0.3, -0.25) is 4.99 Å². The van der Waals surface area contributed by atoms with Gasteiger partial charge in [0.15, 0.2) is 0 Å². The number of carboxylic acid groups (broad SMARTS) is 1. The molecule has 126 valence electrons. The second kappa shape index (κ2) is 7.05. The lowest BCUT2D eigenvalue weighted by Crippen LogP contribution is -1.95. The zero-order valence-corrected chi connectivity index (χ0v) is 14.0. The molecule has 0 spiro atoms. The van der Waals surface area contributed by atoms with Gasteiger partial charge in [0.1, 0.15) is 5.75 Å². The lowest BCUT2D eigenvalue weighted by Gasteiger charge is -2.04. The van der Waals surface area contributed by atoms with E-state index in [4.69, 9.17) is 9.84 Å². The summed E-state index contributed by atoms with van der Waals surface area (Å²) in [6.07, 6.45) is 5.64. The average molecular weight is 334 g/mol. The van der Waals surface area contributed by atoms with Gasteiger partial charge in [-0.1, -0.05) is 6.07 Å². The van der Waals surface area contributed by atoms with E-state index in [1.165, 1.54) is 0 Å². The van der Waals surface area contributed by atoms with Gasteiger partial charge in [0.25, 0.3) is 0 Å². The molecule has 0 aliphatic carbocycles. The first-order valence-electron chi connectivity index (χ1n) is 7.77. The number of rotatable bonds is 5. The molecule has 0 fully saturated rings. The number of aliphatic imine (C=N–C) groups is 1. The molecule has 1 aromatic heterocycles. The number of methoxy groups -OCH3 is 1. The standard InChI is InChI=1S/C20H18N2O3/c1-14-3-4-16(20(23)24)11-19(14)21-12-15-9-10-22(13-15)17-5-7-18(25-2)8-6-17/h3-13H,1-2H3,(H,23,24). The Morgan fingerprint density at radius 2 is 1.92 bits per heavy atom. The van der Waals surface area contributed by atoms with Gasteiger partial charge in [-0.2, -0.15) is 0 Å². The molecule has 1 N–H and O–H groups in total. The van der Waals surface area contributed by atoms with Crippen LogP contribution in [0.15, 0.2) is 65.9 Å². The Hall–Kier alpha value is -3.34. The van der Waals surface area contributed by atoms with Crippen molar-refractivity contribution < 1.29 is 14.6 Å². The second-order valence-electron chi connectivity index (χ2n) is 5.61. The molecule has 0 radical (unpaired) electrons. The van der Waals surface area contributed by atoms with Crippen LogP contribution < -0.4 is 4.74 Å². The molecule has 0 saturated carbocycles. The molecular formula is C20H18N2O3. The van der Waals surface area contributed by atoms with Gasteiger partial charge in [0, 0.05) is 29.9 Å². The first-order valence-corrected chi connectivity index (χ1v) is 7.77. The topological polar surface area (TPSA) is 63.8 Å². The zero-order chi connectivity index (χ0) is 17.8. The fourth-order valence-electron chi connectivity index (χ4n) is 2.43. The molecule has 3 aromatic rings. The van der Waals surface area contributed by atoms with Gasteiger partial charge in [-0.05, 0) is 55.0 Å². The predicted molar refractivity (Wildman–Crippen MR) is 97.7 cm³/mol. The molecular weight excluding hydrogens is 316 g/mol. The quantitative estimate of drug-likeness (QED) is 0.710. The van der Waals surface area contributed by atoms with Crippen LogP contribution in [0, 0.1) is 6.92 Å². The van der Waals surface area contributed by atoms with E-state index in [2.05, 4.69) is 4.99 Å². The van der Waals surface area contributed by atoms with E-state index in [9.17, 15) is 4.79 Å². The summed E-state index contributed by atoms with van der Waals surface area (Å²) < 4.78 is 7.15. The molecule has 5 heteroatoms. The minimum absolute atomic E-state index is 0.230. The number of hydrogen-bond acceptors (Lipinski definition) is 3. The second-order valence-corrected chi connectivity index (χ2v) is 5.61. The van der Waals surface area contributed by atoms with E-state index in [0.29, 0.717) is 5.69 Å². The molecule has 0 amide bonds. The summed E-state index contributed by atoms with van der Waals surface area (Å²) in [6.45, 7) is 1.90. The molecule has 0 atom stereocenters. The fraction of sp³-hybridized carbons (Fsp3) is 0.100. The van der Waals surface area contributed by atoms with Crippen molar-refractivity contribution in [3.63, 3.8) is 0 Å². The maximum Gasteiger partial charge on any atom is 0.335 e. The molecule has 3 rings (SSSR count). The third-order valence-electron chi connectivity index (χ3n) is 3.90. The maximum absolute atomic E-state index is 11.1. The number of carbonyl (C=O) groups is 1. The largest absolute Gasteiger partial charge is 0.497 e. The Morgan fingerprint density at radius 3 is 2.60 bits per heavy atom. The van der Waals surface area contributed by atoms with Crippen LogP contribution in [0.5, 0.6) is 5.75 Å². The monoisotopic (exact) mass is 334 g/mol. The van der Waals surface area contributed by atoms with Gasteiger partial charge >= 0.3 is 5.97 Å². The SMILES string of the molecule is COc1ccc(-n2ccc(C=Nc3cc(C(=O)O)ccc3C)c2)cc1. The fourth-order valence-corrected chi connectivity index (χ4v) is 2.43. The lowest BCUT2D eigenvalue weighted by molar-refractivity contribution is 0.0697. The van der Waals surface area contributed by atoms with Crippen molar-refractivity contribution in [2.24, 2.45) is 4.99 Å². The Kier molecular flexibility index (Phi) is 4.66. The Labute approximate surface area is 145 Å². The van der Waals surface area contributed by atoms with Gasteiger partial charge in [0.05, 0.1) is 18.4 Å². The highest BCUT2D eigenvalue weighted by Gasteiger charge is 2.05. The molecule has 5 nitrogen and oxygen atoms in total. The van der Waals surface area contributed by atoms with Crippen LogP contribution in [-0.2, 0) is 0 Å². The van der Waals surface area contributed by atoms with Gasteiger partial charge < -0.3 is 14.4 Å². The number of aromatic nitrogens is 1. The highest BCUT2D eigenvalue weighted by molar-refractivity contribution is 5.89. The summed E-state index contributed by atoms with van der Waals surface area (Å²) in [5.41, 5.74) is 3.75. The summed E-state index contributed by atoms with van der Waals surface area (Å²) in [5.74, 6) is -0.145. The molecule has 25 heavy (non-hydrogen) atoms. The van der Waals surface area contributed by atoms with Crippen LogP contribution >= 0.6 is 0 Å². The number of aromatic carboxylic acids is 1. The summed E-state index contributed by atoms with van der Waals surface area (Å²) >= 11 is 0. The average Bonchev–Trinajstić information content (AvgIpc) is 3.10. The Bertz CT molecular complexity index is 924. The van der Waals surface area contributed by atoms with Gasteiger partial charge in [0.2, 0.25) is 0 Å². The zero-order valence-electron chi connectivity index (χ0n) is 14.0. The van der Waals surface area contributed by atoms with Crippen molar-refractivity contribution in [2.45, 2.75) is 6.92 Å². The molecule has 0 saturated heterocycles. The number of benzene rings is 2. The Balaban J connectivity index is 1.82. The first-order chi connectivity index (χ1) is 12.1. The van der Waals surface area contributed by atoms with Crippen LogP contribution in [0.2, 0.25) is 0 Å². The first kappa shape index (κ1) is 16.5. The Morgan fingerprint density at radius 1 is 1.16 bits per heavy atom. The van der Waals surface area contributed by atoms with E-state index in [1.807, 2.05) is 54.2 Å². The molecule has 0 bridgehead atoms. The minimum atomic E-state index is -0.956. The van der Waals surface area contributed by atoms with E-state index in [-0.39, 0.29) is 5.56 Å². The number of carboxylic acids is 1. The van der Waals surface area contributed by atoms with Crippen LogP contribution in [0.1, 0.15) is 21.5 Å². The van der Waals surface area contributed by atoms with Crippen LogP contribution in [-0.4, -0.2) is 29.0 Å². The van der Waals surface area contributed by atoms with Crippen molar-refractivity contribution in [1.82, 2.24) is 4.57 Å². The number of ether oxygens (including phenoxy) is 1. The number of aryl methyl sites for hydroxylation is 1. The minimum Gasteiger partial charge on any atom is -0.497 e. The number of hydrogen-bond donors (Lipinski definition) is 1. The number of nitrogens with zero attached hydrogens (tertiary/aromatic N) is 2. The van der Waals surface area contributed by atoms with E-state index < -0.39 is 5.97 Å². The molecule has 1 heterocycles. The normalized spacial score (nSPS) is 11.0. The summed E-state index contributed by atoms with van der Waals surface area (Å²) in [7, 11) is 1.64. The molecule has 0 aliphatic heterocycles. The third-order valence-corrected chi connectivity index (χ3v) is 3.90. The molecule has 0 unspecified atom stereocenters. The summed E-state index contributed by atoms with van der Waals surface area (Å²) in [4.78, 5) is 15.5. The lowest BCUT2D eigenvalue weighted by atomic mass is 10.1. The van der Waals surface area contributed by atoms with Crippen molar-refractivity contribution in [1.29, 1.82) is 0 Å². The van der Waals surface area contributed by atoms with Crippen molar-refractivity contribution >= 4 is 17.9 Å². The summed E-state index contributed by atoms with van der Waals surface area (Å²) in [5, 5.41) is 9.09. The molecule has 2 aromatic carbocycles. The molecule has 0 aliphatic rings. The van der Waals surface area contributed by atoms with Crippen molar-refractivity contribution in [3.8, 4) is 11.4 Å². The highest BCUT2D eigenvalue weighted by Crippen LogP contribution is 2.21.